The van der Waals surface area contributed by atoms with Crippen molar-refractivity contribution in [1.82, 2.24) is 10.2 Å². The van der Waals surface area contributed by atoms with Gasteiger partial charge in [-0.25, -0.2) is 0 Å². The van der Waals surface area contributed by atoms with E-state index < -0.39 is 0 Å². The van der Waals surface area contributed by atoms with Crippen LogP contribution in [0.4, 0.5) is 0 Å². The lowest BCUT2D eigenvalue weighted by Crippen LogP contribution is -2.36. The predicted octanol–water partition coefficient (Wildman–Crippen LogP) is 2.87. The molecule has 0 saturated carbocycles. The van der Waals surface area contributed by atoms with Crippen molar-refractivity contribution in [2.24, 2.45) is 5.92 Å². The number of nitrogens with one attached hydrogen (secondary N) is 1. The van der Waals surface area contributed by atoms with Gasteiger partial charge in [0.2, 0.25) is 0 Å². The molecular formula is C14H24N2S. The molecular weight excluding hydrogens is 228 g/mol. The zero-order chi connectivity index (χ0) is 12.4. The third-order valence-corrected chi connectivity index (χ3v) is 4.71. The van der Waals surface area contributed by atoms with Crippen molar-refractivity contribution in [3.05, 3.63) is 21.9 Å². The first-order valence-corrected chi connectivity index (χ1v) is 7.40. The molecule has 96 valence electrons. The minimum Gasteiger partial charge on any atom is -0.308 e. The van der Waals surface area contributed by atoms with Crippen molar-refractivity contribution < 1.29 is 0 Å². The molecule has 0 spiro atoms. The van der Waals surface area contributed by atoms with Gasteiger partial charge < -0.3 is 5.32 Å². The fourth-order valence-corrected chi connectivity index (χ4v) is 3.34. The summed E-state index contributed by atoms with van der Waals surface area (Å²) in [5, 5.41) is 3.71. The summed E-state index contributed by atoms with van der Waals surface area (Å²) in [7, 11) is 0. The Morgan fingerprint density at radius 2 is 2.18 bits per heavy atom. The zero-order valence-electron chi connectivity index (χ0n) is 11.4. The standard InChI is InChI=1S/C14H24N2S/c1-10(2)16-8-11(3)14(9-16)15-7-13-6-5-12(4)17-13/h5-6,10-11,14-15H,7-9H2,1-4H3/t11-,14-/m1/s1. The first-order valence-electron chi connectivity index (χ1n) is 6.59. The van der Waals surface area contributed by atoms with Gasteiger partial charge in [0, 0.05) is 41.5 Å². The van der Waals surface area contributed by atoms with Gasteiger partial charge in [-0.2, -0.15) is 0 Å². The molecule has 17 heavy (non-hydrogen) atoms. The number of nitrogens with zero attached hydrogens (tertiary/aromatic N) is 1. The van der Waals surface area contributed by atoms with E-state index in [1.165, 1.54) is 22.8 Å². The number of thiophene rings is 1. The Kier molecular flexibility index (Phi) is 4.23. The summed E-state index contributed by atoms with van der Waals surface area (Å²) in [6, 6.07) is 5.78. The summed E-state index contributed by atoms with van der Waals surface area (Å²) in [5.41, 5.74) is 0. The van der Waals surface area contributed by atoms with Crippen molar-refractivity contribution in [1.29, 1.82) is 0 Å². The van der Waals surface area contributed by atoms with Crippen molar-refractivity contribution in [2.45, 2.75) is 46.3 Å². The lowest BCUT2D eigenvalue weighted by Gasteiger charge is -2.20. The second kappa shape index (κ2) is 5.51. The van der Waals surface area contributed by atoms with Crippen molar-refractivity contribution in [3.63, 3.8) is 0 Å². The molecule has 1 aliphatic heterocycles. The van der Waals surface area contributed by atoms with Gasteiger partial charge in [0.15, 0.2) is 0 Å². The Morgan fingerprint density at radius 3 is 2.71 bits per heavy atom. The molecule has 1 saturated heterocycles. The molecule has 2 heterocycles. The smallest absolute Gasteiger partial charge is 0.0303 e. The third-order valence-electron chi connectivity index (χ3n) is 3.71. The number of hydrogen-bond donors (Lipinski definition) is 1. The largest absolute Gasteiger partial charge is 0.308 e. The average Bonchev–Trinajstić information content (AvgIpc) is 2.82. The van der Waals surface area contributed by atoms with Crippen LogP contribution in [0.1, 0.15) is 30.5 Å². The zero-order valence-corrected chi connectivity index (χ0v) is 12.2. The molecule has 1 fully saturated rings. The summed E-state index contributed by atoms with van der Waals surface area (Å²) in [6.07, 6.45) is 0. The molecule has 2 nitrogen and oxygen atoms in total. The number of hydrogen-bond acceptors (Lipinski definition) is 3. The highest BCUT2D eigenvalue weighted by Crippen LogP contribution is 2.20. The molecule has 2 atom stereocenters. The monoisotopic (exact) mass is 252 g/mol. The molecule has 1 aliphatic rings. The second-order valence-corrected chi connectivity index (χ2v) is 6.90. The van der Waals surface area contributed by atoms with Gasteiger partial charge in [0.1, 0.15) is 0 Å². The van der Waals surface area contributed by atoms with E-state index in [4.69, 9.17) is 0 Å². The first-order chi connectivity index (χ1) is 8.06. The van der Waals surface area contributed by atoms with Crippen LogP contribution in [0, 0.1) is 12.8 Å². The van der Waals surface area contributed by atoms with Crippen LogP contribution in [0.2, 0.25) is 0 Å². The van der Waals surface area contributed by atoms with Gasteiger partial charge in [-0.3, -0.25) is 4.90 Å². The highest BCUT2D eigenvalue weighted by molar-refractivity contribution is 7.11. The lowest BCUT2D eigenvalue weighted by molar-refractivity contribution is 0.264. The van der Waals surface area contributed by atoms with Crippen LogP contribution >= 0.6 is 11.3 Å². The number of rotatable bonds is 4. The van der Waals surface area contributed by atoms with Gasteiger partial charge in [0.05, 0.1) is 0 Å². The minimum atomic E-state index is 0.653. The number of aryl methyl sites for hydroxylation is 1. The first kappa shape index (κ1) is 13.1. The van der Waals surface area contributed by atoms with Crippen LogP contribution in [0.5, 0.6) is 0 Å². The summed E-state index contributed by atoms with van der Waals surface area (Å²) < 4.78 is 0. The van der Waals surface area contributed by atoms with Crippen LogP contribution in [-0.4, -0.2) is 30.1 Å². The highest BCUT2D eigenvalue weighted by atomic mass is 32.1. The molecule has 1 N–H and O–H groups in total. The van der Waals surface area contributed by atoms with E-state index in [-0.39, 0.29) is 0 Å². The summed E-state index contributed by atoms with van der Waals surface area (Å²) in [4.78, 5) is 5.44. The van der Waals surface area contributed by atoms with Crippen LogP contribution < -0.4 is 5.32 Å². The summed E-state index contributed by atoms with van der Waals surface area (Å²) in [6.45, 7) is 12.6. The van der Waals surface area contributed by atoms with Crippen molar-refractivity contribution in [2.75, 3.05) is 13.1 Å². The normalized spacial score (nSPS) is 25.9. The fraction of sp³-hybridized carbons (Fsp3) is 0.714. The quantitative estimate of drug-likeness (QED) is 0.886. The van der Waals surface area contributed by atoms with E-state index in [2.05, 4.69) is 50.0 Å². The fourth-order valence-electron chi connectivity index (χ4n) is 2.50. The third kappa shape index (κ3) is 3.30. The van der Waals surface area contributed by atoms with Gasteiger partial charge in [-0.15, -0.1) is 11.3 Å². The second-order valence-electron chi connectivity index (χ2n) is 5.52. The SMILES string of the molecule is Cc1ccc(CN[C@@H]2CN(C(C)C)C[C@H]2C)s1. The van der Waals surface area contributed by atoms with Crippen molar-refractivity contribution >= 4 is 11.3 Å². The Balaban J connectivity index is 1.83. The van der Waals surface area contributed by atoms with Crippen LogP contribution in [0.3, 0.4) is 0 Å². The van der Waals surface area contributed by atoms with Gasteiger partial charge in [-0.05, 0) is 38.8 Å². The lowest BCUT2D eigenvalue weighted by atomic mass is 10.1. The Bertz CT molecular complexity index is 359. The molecule has 2 rings (SSSR count). The van der Waals surface area contributed by atoms with E-state index in [9.17, 15) is 0 Å². The van der Waals surface area contributed by atoms with E-state index in [1.807, 2.05) is 11.3 Å². The molecule has 0 unspecified atom stereocenters. The predicted molar refractivity (Wildman–Crippen MR) is 75.6 cm³/mol. The van der Waals surface area contributed by atoms with Gasteiger partial charge >= 0.3 is 0 Å². The van der Waals surface area contributed by atoms with Crippen LogP contribution in [-0.2, 0) is 6.54 Å². The van der Waals surface area contributed by atoms with Gasteiger partial charge in [-0.1, -0.05) is 6.92 Å². The Morgan fingerprint density at radius 1 is 1.41 bits per heavy atom. The molecule has 1 aromatic rings. The summed E-state index contributed by atoms with van der Waals surface area (Å²) >= 11 is 1.90. The maximum Gasteiger partial charge on any atom is 0.0303 e. The maximum atomic E-state index is 3.71. The van der Waals surface area contributed by atoms with Gasteiger partial charge in [0.25, 0.3) is 0 Å². The van der Waals surface area contributed by atoms with Crippen LogP contribution in [0.15, 0.2) is 12.1 Å². The Hall–Kier alpha value is -0.380. The molecule has 0 radical (unpaired) electrons. The molecule has 0 aromatic carbocycles. The average molecular weight is 252 g/mol. The topological polar surface area (TPSA) is 15.3 Å². The molecule has 0 aliphatic carbocycles. The molecule has 0 amide bonds. The van der Waals surface area contributed by atoms with E-state index in [0.29, 0.717) is 12.1 Å². The molecule has 0 bridgehead atoms. The minimum absolute atomic E-state index is 0.653. The molecule has 3 heteroatoms. The van der Waals surface area contributed by atoms with E-state index >= 15 is 0 Å². The van der Waals surface area contributed by atoms with Crippen molar-refractivity contribution in [3.8, 4) is 0 Å². The summed E-state index contributed by atoms with van der Waals surface area (Å²) in [5.74, 6) is 0.762. The van der Waals surface area contributed by atoms with E-state index in [0.717, 1.165) is 12.5 Å². The molecule has 1 aromatic heterocycles. The highest BCUT2D eigenvalue weighted by Gasteiger charge is 2.30. The number of likely N-dealkylation sites (tertiary alicyclic amines) is 1. The van der Waals surface area contributed by atoms with E-state index in [1.54, 1.807) is 0 Å². The maximum absolute atomic E-state index is 3.71. The Labute approximate surface area is 109 Å². The van der Waals surface area contributed by atoms with Crippen LogP contribution in [0.25, 0.3) is 0 Å².